The number of carboxylic acids is 1. The van der Waals surface area contributed by atoms with Crippen molar-refractivity contribution in [2.75, 3.05) is 0 Å². The molecule has 54 valence electrons. The van der Waals surface area contributed by atoms with Crippen molar-refractivity contribution < 1.29 is 9.90 Å². The first-order valence-corrected chi connectivity index (χ1v) is 6.63. The molecule has 0 bridgehead atoms. The Balaban J connectivity index is 3.27. The molecule has 1 unspecified atom stereocenters. The number of rotatable bonds is 4. The first kappa shape index (κ1) is 9.22. The normalized spacial score (nSPS) is 13.1. The van der Waals surface area contributed by atoms with Crippen LogP contribution in [0, 0.1) is 0 Å². The van der Waals surface area contributed by atoms with Gasteiger partial charge in [0.2, 0.25) is 0 Å². The maximum atomic E-state index is 10.1. The zero-order chi connectivity index (χ0) is 7.28. The Morgan fingerprint density at radius 2 is 2.44 bits per heavy atom. The molecule has 0 aliphatic rings. The van der Waals surface area contributed by atoms with Gasteiger partial charge in [0.05, 0.1) is 0 Å². The second-order valence-electron chi connectivity index (χ2n) is 1.73. The number of carboxylic acid groups (broad SMARTS) is 1. The van der Waals surface area contributed by atoms with Gasteiger partial charge < -0.3 is 0 Å². The average molecular weight is 245 g/mol. The molecule has 0 aliphatic heterocycles. The topological polar surface area (TPSA) is 63.3 Å². The Hall–Kier alpha value is 0.220. The summed E-state index contributed by atoms with van der Waals surface area (Å²) in [7, 11) is 0. The molecule has 4 heteroatoms. The van der Waals surface area contributed by atoms with Crippen molar-refractivity contribution in [1.29, 1.82) is 0 Å². The van der Waals surface area contributed by atoms with Crippen LogP contribution in [0.15, 0.2) is 0 Å². The van der Waals surface area contributed by atoms with Crippen LogP contribution in [0.25, 0.3) is 0 Å². The minimum absolute atomic E-state index is 0.0602. The summed E-state index contributed by atoms with van der Waals surface area (Å²) >= 11 is 0.0602. The van der Waals surface area contributed by atoms with Gasteiger partial charge in [0.25, 0.3) is 0 Å². The quantitative estimate of drug-likeness (QED) is 0.683. The molecule has 9 heavy (non-hydrogen) atoms. The van der Waals surface area contributed by atoms with Gasteiger partial charge in [-0.1, -0.05) is 0 Å². The molecular formula is C5H11NO2Te. The molecule has 0 aromatic heterocycles. The fourth-order valence-corrected chi connectivity index (χ4v) is 1.77. The first-order chi connectivity index (χ1) is 4.18. The van der Waals surface area contributed by atoms with Gasteiger partial charge in [-0.25, -0.2) is 0 Å². The van der Waals surface area contributed by atoms with Crippen LogP contribution in [0.5, 0.6) is 0 Å². The van der Waals surface area contributed by atoms with E-state index in [2.05, 4.69) is 4.97 Å². The third-order valence-corrected chi connectivity index (χ3v) is 2.79. The van der Waals surface area contributed by atoms with E-state index in [0.717, 1.165) is 4.47 Å². The minimum atomic E-state index is -0.879. The van der Waals surface area contributed by atoms with E-state index in [1.165, 1.54) is 0 Å². The van der Waals surface area contributed by atoms with E-state index in [4.69, 9.17) is 10.8 Å². The van der Waals surface area contributed by atoms with E-state index < -0.39 is 12.0 Å². The number of hydrogen-bond donors (Lipinski definition) is 2. The van der Waals surface area contributed by atoms with Gasteiger partial charge in [-0.15, -0.1) is 0 Å². The zero-order valence-corrected chi connectivity index (χ0v) is 7.66. The summed E-state index contributed by atoms with van der Waals surface area (Å²) in [4.78, 5) is 12.2. The molecule has 0 saturated heterocycles. The van der Waals surface area contributed by atoms with Crippen LogP contribution in [-0.4, -0.2) is 38.0 Å². The third kappa shape index (κ3) is 4.71. The Kier molecular flexibility index (Phi) is 5.16. The van der Waals surface area contributed by atoms with Gasteiger partial charge in [-0.05, 0) is 0 Å². The number of carbonyl (C=O) groups is 1. The Labute approximate surface area is 64.7 Å². The predicted molar refractivity (Wildman–Crippen MR) is 36.7 cm³/mol. The summed E-state index contributed by atoms with van der Waals surface area (Å²) in [5.41, 5.74) is 5.22. The average Bonchev–Trinajstić information content (AvgIpc) is 1.82. The molecule has 0 amide bonds. The molecule has 0 rings (SSSR count). The summed E-state index contributed by atoms with van der Waals surface area (Å²) in [5.74, 6) is -0.879. The van der Waals surface area contributed by atoms with Crippen LogP contribution in [0.1, 0.15) is 6.42 Å². The molecule has 0 heterocycles. The molecule has 0 aromatic carbocycles. The van der Waals surface area contributed by atoms with Gasteiger partial charge in [0, 0.05) is 0 Å². The van der Waals surface area contributed by atoms with E-state index in [9.17, 15) is 4.79 Å². The van der Waals surface area contributed by atoms with E-state index in [0.29, 0.717) is 6.42 Å². The van der Waals surface area contributed by atoms with Crippen LogP contribution in [0.2, 0.25) is 9.44 Å². The van der Waals surface area contributed by atoms with Gasteiger partial charge in [0.1, 0.15) is 0 Å². The second kappa shape index (κ2) is 5.04. The Morgan fingerprint density at radius 1 is 1.89 bits per heavy atom. The molecule has 1 atom stereocenters. The number of nitrogens with two attached hydrogens (primary N) is 1. The molecule has 0 aromatic rings. The second-order valence-corrected chi connectivity index (χ2v) is 4.54. The van der Waals surface area contributed by atoms with E-state index in [1.807, 2.05) is 0 Å². The van der Waals surface area contributed by atoms with Crippen molar-refractivity contribution >= 4 is 26.9 Å². The van der Waals surface area contributed by atoms with Crippen molar-refractivity contribution in [3.8, 4) is 0 Å². The molecule has 0 spiro atoms. The van der Waals surface area contributed by atoms with Crippen LogP contribution in [0.4, 0.5) is 0 Å². The Morgan fingerprint density at radius 3 is 2.78 bits per heavy atom. The van der Waals surface area contributed by atoms with Crippen molar-refractivity contribution in [2.24, 2.45) is 5.73 Å². The fraction of sp³-hybridized carbons (Fsp3) is 0.800. The molecule has 0 saturated carbocycles. The van der Waals surface area contributed by atoms with Gasteiger partial charge in [-0.2, -0.15) is 0 Å². The van der Waals surface area contributed by atoms with Crippen LogP contribution >= 0.6 is 0 Å². The van der Waals surface area contributed by atoms with Crippen LogP contribution in [-0.2, 0) is 4.79 Å². The van der Waals surface area contributed by atoms with Gasteiger partial charge >= 0.3 is 64.4 Å². The molecule has 0 fully saturated rings. The number of aliphatic carboxylic acids is 1. The molecule has 0 radical (unpaired) electrons. The summed E-state index contributed by atoms with van der Waals surface area (Å²) in [6.07, 6.45) is 0.647. The molecule has 0 aliphatic carbocycles. The third-order valence-electron chi connectivity index (χ3n) is 0.950. The standard InChI is InChI=1S/C5H11NO2Te/c1-9-3-2-4(6)5(7)8/h4H,2-3,6H2,1H3,(H,7,8). The van der Waals surface area contributed by atoms with Crippen molar-refractivity contribution in [1.82, 2.24) is 0 Å². The van der Waals surface area contributed by atoms with Crippen molar-refractivity contribution in [3.05, 3.63) is 0 Å². The maximum absolute atomic E-state index is 10.1. The summed E-state index contributed by atoms with van der Waals surface area (Å²) in [5, 5.41) is 8.30. The molecular weight excluding hydrogens is 234 g/mol. The van der Waals surface area contributed by atoms with E-state index in [1.54, 1.807) is 0 Å². The summed E-state index contributed by atoms with van der Waals surface area (Å²) in [6, 6.07) is -0.630. The summed E-state index contributed by atoms with van der Waals surface area (Å²) < 4.78 is 1.03. The molecule has 3 N–H and O–H groups in total. The van der Waals surface area contributed by atoms with Crippen LogP contribution < -0.4 is 5.73 Å². The van der Waals surface area contributed by atoms with Crippen molar-refractivity contribution in [3.63, 3.8) is 0 Å². The first-order valence-electron chi connectivity index (χ1n) is 2.65. The number of hydrogen-bond acceptors (Lipinski definition) is 2. The Bertz CT molecular complexity index is 97.0. The van der Waals surface area contributed by atoms with E-state index >= 15 is 0 Å². The van der Waals surface area contributed by atoms with Gasteiger partial charge in [0.15, 0.2) is 0 Å². The SMILES string of the molecule is C[Te]CCC(N)C(=O)O. The zero-order valence-electron chi connectivity index (χ0n) is 5.33. The monoisotopic (exact) mass is 247 g/mol. The summed E-state index contributed by atoms with van der Waals surface area (Å²) in [6.45, 7) is 0. The van der Waals surface area contributed by atoms with Crippen molar-refractivity contribution in [2.45, 2.75) is 21.9 Å². The molecule has 3 nitrogen and oxygen atoms in total. The van der Waals surface area contributed by atoms with E-state index in [-0.39, 0.29) is 20.9 Å². The van der Waals surface area contributed by atoms with Crippen LogP contribution in [0.3, 0.4) is 0 Å². The van der Waals surface area contributed by atoms with Gasteiger partial charge in [-0.3, -0.25) is 0 Å². The predicted octanol–water partition coefficient (Wildman–Crippen LogP) is -0.0410. The fourth-order valence-electron chi connectivity index (χ4n) is 0.368.